The first-order valence-corrected chi connectivity index (χ1v) is 38.5. The van der Waals surface area contributed by atoms with Gasteiger partial charge in [-0.05, 0) is 131 Å². The van der Waals surface area contributed by atoms with Gasteiger partial charge in [0.2, 0.25) is 0 Å². The van der Waals surface area contributed by atoms with Crippen molar-refractivity contribution in [3.8, 4) is 101 Å². The van der Waals surface area contributed by atoms with E-state index in [1.807, 2.05) is 159 Å². The van der Waals surface area contributed by atoms with Crippen LogP contribution in [-0.4, -0.2) is 29.9 Å². The van der Waals surface area contributed by atoms with E-state index in [2.05, 4.69) is 346 Å². The SMILES string of the molecule is CC(C)(C)Cc1ccc(-c2[c-]cccc2)nc1.CC(C)(C)c1ccc(-c2[c-]ccc(-c3ccccc3)c2)nc1.CC(C)(C)c1ccc(-c2[c-]cccc2)nc1.CC(C)(C)c1ccc(-c2[c-]cccc2)nc1.CC(C)(C)c1ccnc(-c2[c-]ccc(-c3ccccc3)c2)c1.Cc1ccc(-c2[c-]ccc(-c3ccccc3)c2)nc1.[Ir].[Ir].[Ir]. The molecule has 0 bridgehead atoms. The fourth-order valence-electron chi connectivity index (χ4n) is 11.9. The second kappa shape index (κ2) is 43.5. The summed E-state index contributed by atoms with van der Waals surface area (Å²) in [5, 5.41) is 0. The zero-order valence-corrected chi connectivity index (χ0v) is 76.3. The van der Waals surface area contributed by atoms with Gasteiger partial charge in [-0.15, -0.1) is 214 Å². The summed E-state index contributed by atoms with van der Waals surface area (Å²) in [6.45, 7) is 35.2. The maximum Gasteiger partial charge on any atom is 0.0198 e. The van der Waals surface area contributed by atoms with E-state index in [9.17, 15) is 0 Å². The van der Waals surface area contributed by atoms with Crippen molar-refractivity contribution in [1.29, 1.82) is 0 Å². The Labute approximate surface area is 727 Å². The van der Waals surface area contributed by atoms with Crippen LogP contribution >= 0.6 is 0 Å². The second-order valence-electron chi connectivity index (χ2n) is 33.1. The maximum absolute atomic E-state index is 4.62. The van der Waals surface area contributed by atoms with Crippen molar-refractivity contribution in [1.82, 2.24) is 29.9 Å². The second-order valence-corrected chi connectivity index (χ2v) is 33.1. The first-order chi connectivity index (χ1) is 53.6. The molecule has 0 saturated carbocycles. The van der Waals surface area contributed by atoms with Gasteiger partial charge in [-0.25, -0.2) is 0 Å². The van der Waals surface area contributed by atoms with Crippen molar-refractivity contribution in [3.63, 3.8) is 0 Å². The average Bonchev–Trinajstić information content (AvgIpc) is 0.825. The van der Waals surface area contributed by atoms with E-state index in [1.54, 1.807) is 0 Å². The third-order valence-corrected chi connectivity index (χ3v) is 18.5. The summed E-state index contributed by atoms with van der Waals surface area (Å²) in [5.41, 5.74) is 27.7. The summed E-state index contributed by atoms with van der Waals surface area (Å²) in [7, 11) is 0. The summed E-state index contributed by atoms with van der Waals surface area (Å²) in [5.74, 6) is 0. The molecule has 0 spiro atoms. The van der Waals surface area contributed by atoms with Gasteiger partial charge in [-0.3, -0.25) is 0 Å². The van der Waals surface area contributed by atoms with E-state index in [-0.39, 0.29) is 82.0 Å². The average molecular weight is 2040 g/mol. The minimum atomic E-state index is 0. The van der Waals surface area contributed by atoms with E-state index < -0.39 is 0 Å². The van der Waals surface area contributed by atoms with Gasteiger partial charge in [0.15, 0.2) is 0 Å². The number of nitrogens with zero attached hydrogens (tertiary/aromatic N) is 6. The van der Waals surface area contributed by atoms with Crippen molar-refractivity contribution < 1.29 is 60.3 Å². The van der Waals surface area contributed by atoms with Crippen molar-refractivity contribution in [3.05, 3.63) is 398 Å². The summed E-state index contributed by atoms with van der Waals surface area (Å²) >= 11 is 0. The minimum Gasteiger partial charge on any atom is -0.305 e. The first kappa shape index (κ1) is 92.0. The van der Waals surface area contributed by atoms with E-state index in [1.165, 1.54) is 66.8 Å². The van der Waals surface area contributed by atoms with Crippen LogP contribution in [0, 0.1) is 48.7 Å². The predicted octanol–water partition coefficient (Wildman–Crippen LogP) is 27.4. The van der Waals surface area contributed by atoms with Gasteiger partial charge < -0.3 is 29.9 Å². The molecule has 15 aromatic rings. The molecule has 0 aliphatic rings. The smallest absolute Gasteiger partial charge is 0.0198 e. The molecule has 0 atom stereocenters. The van der Waals surface area contributed by atoms with Gasteiger partial charge in [0.05, 0.1) is 0 Å². The van der Waals surface area contributed by atoms with Crippen LogP contribution in [0.1, 0.15) is 137 Å². The van der Waals surface area contributed by atoms with E-state index in [4.69, 9.17) is 0 Å². The maximum atomic E-state index is 4.62. The van der Waals surface area contributed by atoms with Crippen LogP contribution in [0.2, 0.25) is 0 Å². The van der Waals surface area contributed by atoms with Gasteiger partial charge >= 0.3 is 0 Å². The Morgan fingerprint density at radius 3 is 0.826 bits per heavy atom. The Morgan fingerprint density at radius 2 is 0.539 bits per heavy atom. The molecule has 9 aromatic carbocycles. The molecule has 0 unspecified atom stereocenters. The predicted molar refractivity (Wildman–Crippen MR) is 470 cm³/mol. The largest absolute Gasteiger partial charge is 0.305 e. The number of hydrogen-bond acceptors (Lipinski definition) is 6. The molecule has 6 nitrogen and oxygen atoms in total. The van der Waals surface area contributed by atoms with Crippen LogP contribution in [0.5, 0.6) is 0 Å². The number of benzene rings is 9. The molecule has 3 radical (unpaired) electrons. The molecule has 0 fully saturated rings. The molecule has 0 amide bonds. The van der Waals surface area contributed by atoms with Crippen LogP contribution in [0.3, 0.4) is 0 Å². The number of pyridine rings is 6. The molecular weight excluding hydrogens is 1930 g/mol. The number of aromatic nitrogens is 6. The summed E-state index contributed by atoms with van der Waals surface area (Å²) < 4.78 is 0. The van der Waals surface area contributed by atoms with E-state index >= 15 is 0 Å². The van der Waals surface area contributed by atoms with Gasteiger partial charge in [0, 0.05) is 97.5 Å². The number of hydrogen-bond donors (Lipinski definition) is 0. The summed E-state index contributed by atoms with van der Waals surface area (Å²) in [6, 6.07) is 118. The fourth-order valence-corrected chi connectivity index (χ4v) is 11.9. The van der Waals surface area contributed by atoms with Gasteiger partial charge in [-0.1, -0.05) is 262 Å². The number of rotatable bonds is 10. The van der Waals surface area contributed by atoms with Crippen LogP contribution in [-0.2, 0) is 88.4 Å². The Morgan fingerprint density at radius 1 is 0.235 bits per heavy atom. The van der Waals surface area contributed by atoms with Crippen LogP contribution in [0.4, 0.5) is 0 Å². The van der Waals surface area contributed by atoms with E-state index in [0.29, 0.717) is 5.41 Å². The van der Waals surface area contributed by atoms with Gasteiger partial charge in [0.25, 0.3) is 0 Å². The molecule has 15 rings (SSSR count). The third kappa shape index (κ3) is 29.0. The third-order valence-electron chi connectivity index (χ3n) is 18.5. The Bertz CT molecular complexity index is 5210. The molecule has 9 heteroatoms. The fraction of sp³-hybridized carbons (Fsp3) is 0.208. The first-order valence-electron chi connectivity index (χ1n) is 38.5. The van der Waals surface area contributed by atoms with Crippen LogP contribution in [0.25, 0.3) is 101 Å². The molecule has 6 heterocycles. The standard InChI is InChI=1S/2C21H20N.C18H14N.C16H18N.2C15H16N.3Ir/c1-21(2,3)19-12-13-22-20(15-19)18-11-7-10-17(14-18)16-8-5-4-6-9-16;1-21(2,3)19-12-13-20(22-15-19)18-11-7-10-17(14-18)16-8-5-4-6-9-16;1-14-10-11-18(19-13-14)17-9-5-8-16(12-17)15-6-3-2-4-7-15;1-16(2,3)11-13-9-10-15(17-12-13)14-7-5-4-6-8-14;2*1-15(2,3)13-9-10-14(16-11-13)12-7-5-4-6-8-12;;;/h2*4-10,12-15H,1-3H3;2-8,10-13H,1H3;4-7,9-10,12H,11H2,1-3H3;2*4-7,9-11H,1-3H3;;;/q6*-1;;;. The molecule has 0 aliphatic heterocycles. The Balaban J connectivity index is 0.000000191. The van der Waals surface area contributed by atoms with Gasteiger partial charge in [0.1, 0.15) is 0 Å². The van der Waals surface area contributed by atoms with Crippen molar-refractivity contribution in [2.75, 3.05) is 0 Å². The van der Waals surface area contributed by atoms with Crippen molar-refractivity contribution in [2.45, 2.75) is 139 Å². The minimum absolute atomic E-state index is 0. The van der Waals surface area contributed by atoms with Crippen LogP contribution in [0.15, 0.2) is 328 Å². The Hall–Kier alpha value is -10.2. The molecule has 591 valence electrons. The van der Waals surface area contributed by atoms with E-state index in [0.717, 1.165) is 74.0 Å². The van der Waals surface area contributed by atoms with Crippen LogP contribution < -0.4 is 0 Å². The molecule has 0 N–H and O–H groups in total. The normalized spacial score (nSPS) is 11.0. The topological polar surface area (TPSA) is 77.3 Å². The Kier molecular flexibility index (Phi) is 34.8. The van der Waals surface area contributed by atoms with Gasteiger partial charge in [-0.2, -0.15) is 0 Å². The number of aryl methyl sites for hydroxylation is 1. The summed E-state index contributed by atoms with van der Waals surface area (Å²) in [6.07, 6.45) is 12.7. The zero-order chi connectivity index (χ0) is 79.7. The summed E-state index contributed by atoms with van der Waals surface area (Å²) in [4.78, 5) is 27.1. The van der Waals surface area contributed by atoms with Crippen molar-refractivity contribution >= 4 is 0 Å². The molecule has 115 heavy (non-hydrogen) atoms. The molecule has 0 saturated heterocycles. The van der Waals surface area contributed by atoms with Crippen molar-refractivity contribution in [2.24, 2.45) is 5.41 Å². The molecular formula is C106H104Ir3N6-6. The quantitative estimate of drug-likeness (QED) is 0.127. The molecule has 0 aliphatic carbocycles. The monoisotopic (exact) mass is 2040 g/mol. The zero-order valence-electron chi connectivity index (χ0n) is 69.1. The molecule has 6 aromatic heterocycles.